The van der Waals surface area contributed by atoms with Crippen LogP contribution < -0.4 is 29.6 Å². The molecular weight excluding hydrogens is 594 g/mol. The molecule has 0 aliphatic heterocycles. The second-order valence-corrected chi connectivity index (χ2v) is 10.6. The third kappa shape index (κ3) is 8.91. The van der Waals surface area contributed by atoms with Crippen molar-refractivity contribution in [1.82, 2.24) is 20.1 Å². The number of nitrogens with one attached hydrogen (secondary N) is 2. The van der Waals surface area contributed by atoms with E-state index in [0.717, 1.165) is 17.0 Å². The average Bonchev–Trinajstić information content (AvgIpc) is 3.44. The highest BCUT2D eigenvalue weighted by atomic mass is 32.2. The number of carbonyl (C=O) groups is 2. The molecule has 1 aromatic heterocycles. The molecule has 1 heterocycles. The fourth-order valence-electron chi connectivity index (χ4n) is 4.44. The van der Waals surface area contributed by atoms with Gasteiger partial charge in [0.1, 0.15) is 5.75 Å². The van der Waals surface area contributed by atoms with Gasteiger partial charge in [-0.15, -0.1) is 10.2 Å². The Hall–Kier alpha value is -4.71. The van der Waals surface area contributed by atoms with E-state index in [4.69, 9.17) is 18.9 Å². The number of carbonyl (C=O) groups excluding carboxylic acids is 2. The molecule has 0 saturated carbocycles. The maximum absolute atomic E-state index is 13.4. The van der Waals surface area contributed by atoms with Crippen LogP contribution in [0.15, 0.2) is 65.8 Å². The summed E-state index contributed by atoms with van der Waals surface area (Å²) in [4.78, 5) is 26.2. The first kappa shape index (κ1) is 33.2. The van der Waals surface area contributed by atoms with E-state index in [1.807, 2.05) is 75.6 Å². The zero-order chi connectivity index (χ0) is 32.2. The number of hydrogen-bond acceptors (Lipinski definition) is 9. The summed E-state index contributed by atoms with van der Waals surface area (Å²) in [6.45, 7) is 11.4. The van der Waals surface area contributed by atoms with Crippen LogP contribution in [0, 0.1) is 6.92 Å². The molecule has 0 unspecified atom stereocenters. The van der Waals surface area contributed by atoms with Crippen molar-refractivity contribution >= 4 is 29.3 Å². The Kier molecular flexibility index (Phi) is 12.1. The number of anilines is 1. The SMILES string of the molecule is CCOc1ccc(NC(=O)CSc2nnc(CNC(=O)c3cc(OCC)c(OCC)c(OCC)c3)n2-c2cccc(C)c2)cc1. The molecular formula is C33H39N5O6S. The number of ether oxygens (including phenoxy) is 4. The van der Waals surface area contributed by atoms with Crippen LogP contribution >= 0.6 is 11.8 Å². The van der Waals surface area contributed by atoms with Crippen LogP contribution in [-0.2, 0) is 11.3 Å². The van der Waals surface area contributed by atoms with Gasteiger partial charge in [0, 0.05) is 16.9 Å². The molecule has 3 aromatic carbocycles. The molecule has 0 aliphatic rings. The zero-order valence-corrected chi connectivity index (χ0v) is 27.0. The van der Waals surface area contributed by atoms with E-state index in [-0.39, 0.29) is 24.1 Å². The molecule has 2 N–H and O–H groups in total. The topological polar surface area (TPSA) is 126 Å². The van der Waals surface area contributed by atoms with Crippen molar-refractivity contribution in [3.63, 3.8) is 0 Å². The Balaban J connectivity index is 1.52. The quantitative estimate of drug-likeness (QED) is 0.147. The van der Waals surface area contributed by atoms with Gasteiger partial charge >= 0.3 is 0 Å². The molecule has 0 bridgehead atoms. The molecule has 11 nitrogen and oxygen atoms in total. The number of rotatable bonds is 16. The van der Waals surface area contributed by atoms with Crippen molar-refractivity contribution in [3.05, 3.63) is 77.6 Å². The maximum atomic E-state index is 13.4. The van der Waals surface area contributed by atoms with Gasteiger partial charge in [0.15, 0.2) is 22.5 Å². The Morgan fingerprint density at radius 3 is 2.11 bits per heavy atom. The Labute approximate surface area is 267 Å². The molecule has 4 aromatic rings. The first-order chi connectivity index (χ1) is 21.9. The van der Waals surface area contributed by atoms with E-state index in [2.05, 4.69) is 20.8 Å². The smallest absolute Gasteiger partial charge is 0.251 e. The molecule has 4 rings (SSSR count). The zero-order valence-electron chi connectivity index (χ0n) is 26.2. The molecule has 0 fully saturated rings. The summed E-state index contributed by atoms with van der Waals surface area (Å²) in [7, 11) is 0. The van der Waals surface area contributed by atoms with E-state index in [9.17, 15) is 9.59 Å². The first-order valence-electron chi connectivity index (χ1n) is 14.9. The predicted molar refractivity (Wildman–Crippen MR) is 174 cm³/mol. The summed E-state index contributed by atoms with van der Waals surface area (Å²) in [5, 5.41) is 15.1. The highest BCUT2D eigenvalue weighted by molar-refractivity contribution is 7.99. The van der Waals surface area contributed by atoms with Crippen molar-refractivity contribution < 1.29 is 28.5 Å². The van der Waals surface area contributed by atoms with Crippen molar-refractivity contribution in [3.8, 4) is 28.7 Å². The van der Waals surface area contributed by atoms with E-state index in [1.54, 1.807) is 24.3 Å². The molecule has 2 amide bonds. The minimum atomic E-state index is -0.345. The summed E-state index contributed by atoms with van der Waals surface area (Å²) < 4.78 is 24.6. The summed E-state index contributed by atoms with van der Waals surface area (Å²) in [6.07, 6.45) is 0. The normalized spacial score (nSPS) is 10.7. The molecule has 45 heavy (non-hydrogen) atoms. The number of hydrogen-bond donors (Lipinski definition) is 2. The van der Waals surface area contributed by atoms with Gasteiger partial charge < -0.3 is 29.6 Å². The third-order valence-electron chi connectivity index (χ3n) is 6.32. The number of nitrogens with zero attached hydrogens (tertiary/aromatic N) is 3. The second-order valence-electron chi connectivity index (χ2n) is 9.65. The summed E-state index contributed by atoms with van der Waals surface area (Å²) >= 11 is 1.25. The van der Waals surface area contributed by atoms with Crippen molar-refractivity contribution in [2.45, 2.75) is 46.3 Å². The lowest BCUT2D eigenvalue weighted by Gasteiger charge is -2.17. The monoisotopic (exact) mass is 633 g/mol. The van der Waals surface area contributed by atoms with Gasteiger partial charge in [0.25, 0.3) is 5.91 Å². The van der Waals surface area contributed by atoms with Crippen LogP contribution in [0.25, 0.3) is 5.69 Å². The number of aromatic nitrogens is 3. The molecule has 0 spiro atoms. The average molecular weight is 634 g/mol. The lowest BCUT2D eigenvalue weighted by molar-refractivity contribution is -0.113. The first-order valence-corrected chi connectivity index (χ1v) is 15.9. The Morgan fingerprint density at radius 1 is 0.822 bits per heavy atom. The van der Waals surface area contributed by atoms with Gasteiger partial charge in [-0.05, 0) is 88.7 Å². The summed E-state index contributed by atoms with van der Waals surface area (Å²) in [5.41, 5.74) is 2.88. The van der Waals surface area contributed by atoms with E-state index in [1.165, 1.54) is 11.8 Å². The molecule has 0 atom stereocenters. The van der Waals surface area contributed by atoms with E-state index in [0.29, 0.717) is 65.9 Å². The van der Waals surface area contributed by atoms with Crippen molar-refractivity contribution in [2.75, 3.05) is 37.5 Å². The van der Waals surface area contributed by atoms with Crippen LogP contribution in [0.1, 0.15) is 49.4 Å². The minimum absolute atomic E-state index is 0.0832. The molecule has 0 radical (unpaired) electrons. The van der Waals surface area contributed by atoms with Crippen LogP contribution in [0.5, 0.6) is 23.0 Å². The number of aryl methyl sites for hydroxylation is 1. The predicted octanol–water partition coefficient (Wildman–Crippen LogP) is 5.83. The third-order valence-corrected chi connectivity index (χ3v) is 7.25. The molecule has 0 aliphatic carbocycles. The minimum Gasteiger partial charge on any atom is -0.494 e. The Bertz CT molecular complexity index is 1560. The van der Waals surface area contributed by atoms with Crippen LogP contribution in [0.4, 0.5) is 5.69 Å². The van der Waals surface area contributed by atoms with Crippen molar-refractivity contribution in [1.29, 1.82) is 0 Å². The second kappa shape index (κ2) is 16.4. The standard InChI is InChI=1S/C33H39N5O6S/c1-6-41-26-15-13-24(14-16-26)35-30(39)21-45-33-37-36-29(38(33)25-12-10-11-22(5)17-25)20-34-32(40)23-18-27(42-7-2)31(44-9-4)28(19-23)43-8-3/h10-19H,6-9,20-21H2,1-5H3,(H,34,40)(H,35,39). The molecule has 0 saturated heterocycles. The van der Waals surface area contributed by atoms with Crippen LogP contribution in [0.2, 0.25) is 0 Å². The van der Waals surface area contributed by atoms with Crippen molar-refractivity contribution in [2.24, 2.45) is 0 Å². The highest BCUT2D eigenvalue weighted by Crippen LogP contribution is 2.39. The maximum Gasteiger partial charge on any atom is 0.251 e. The van der Waals surface area contributed by atoms with Gasteiger partial charge in [0.2, 0.25) is 11.7 Å². The van der Waals surface area contributed by atoms with E-state index >= 15 is 0 Å². The molecule has 12 heteroatoms. The van der Waals surface area contributed by atoms with Gasteiger partial charge in [0.05, 0.1) is 38.7 Å². The lowest BCUT2D eigenvalue weighted by atomic mass is 10.1. The van der Waals surface area contributed by atoms with Gasteiger partial charge in [-0.25, -0.2) is 0 Å². The number of benzene rings is 3. The number of thioether (sulfide) groups is 1. The van der Waals surface area contributed by atoms with Gasteiger partial charge in [-0.2, -0.15) is 0 Å². The fourth-order valence-corrected chi connectivity index (χ4v) is 5.21. The highest BCUT2D eigenvalue weighted by Gasteiger charge is 2.21. The lowest BCUT2D eigenvalue weighted by Crippen LogP contribution is -2.25. The Morgan fingerprint density at radius 2 is 1.49 bits per heavy atom. The summed E-state index contributed by atoms with van der Waals surface area (Å²) in [6, 6.07) is 18.3. The van der Waals surface area contributed by atoms with Crippen LogP contribution in [0.3, 0.4) is 0 Å². The van der Waals surface area contributed by atoms with Gasteiger partial charge in [-0.1, -0.05) is 23.9 Å². The summed E-state index contributed by atoms with van der Waals surface area (Å²) in [5.74, 6) is 2.14. The number of amides is 2. The van der Waals surface area contributed by atoms with E-state index < -0.39 is 0 Å². The largest absolute Gasteiger partial charge is 0.494 e. The molecule has 238 valence electrons. The fraction of sp³-hybridized carbons (Fsp3) is 0.333. The van der Waals surface area contributed by atoms with Crippen LogP contribution in [-0.4, -0.2) is 58.8 Å². The van der Waals surface area contributed by atoms with Gasteiger partial charge in [-0.3, -0.25) is 14.2 Å².